The largest absolute Gasteiger partial charge is 0.494 e. The molecule has 0 atom stereocenters. The quantitative estimate of drug-likeness (QED) is 0.254. The van der Waals surface area contributed by atoms with E-state index < -0.39 is 5.97 Å². The van der Waals surface area contributed by atoms with Crippen LogP contribution in [0.3, 0.4) is 0 Å². The molecule has 0 bridgehead atoms. The highest BCUT2D eigenvalue weighted by molar-refractivity contribution is 5.88. The summed E-state index contributed by atoms with van der Waals surface area (Å²) in [7, 11) is 0. The van der Waals surface area contributed by atoms with Crippen LogP contribution in [0.1, 0.15) is 81.6 Å². The molecule has 1 aromatic carbocycles. The van der Waals surface area contributed by atoms with Crippen LogP contribution in [0.4, 0.5) is 0 Å². The molecule has 0 fully saturated rings. The number of aromatic amines is 1. The van der Waals surface area contributed by atoms with Gasteiger partial charge in [-0.05, 0) is 30.7 Å². The minimum atomic E-state index is -0.452. The van der Waals surface area contributed by atoms with Crippen molar-refractivity contribution < 1.29 is 14.3 Å². The molecule has 0 saturated heterocycles. The fourth-order valence-electron chi connectivity index (χ4n) is 2.91. The third-order valence-electron chi connectivity index (χ3n) is 4.52. The number of benzene rings is 1. The van der Waals surface area contributed by atoms with Gasteiger partial charge in [-0.2, -0.15) is 0 Å². The highest BCUT2D eigenvalue weighted by atomic mass is 16.5. The number of esters is 1. The van der Waals surface area contributed by atoms with E-state index >= 15 is 0 Å². The highest BCUT2D eigenvalue weighted by Crippen LogP contribution is 2.19. The Morgan fingerprint density at radius 1 is 0.889 bits per heavy atom. The van der Waals surface area contributed by atoms with Crippen molar-refractivity contribution in [1.29, 1.82) is 0 Å². The Labute approximate surface area is 162 Å². The fourth-order valence-corrected chi connectivity index (χ4v) is 2.91. The Morgan fingerprint density at radius 2 is 1.48 bits per heavy atom. The van der Waals surface area contributed by atoms with E-state index in [1.165, 1.54) is 70.3 Å². The predicted octanol–water partition coefficient (Wildman–Crippen LogP) is 5.93. The van der Waals surface area contributed by atoms with Crippen molar-refractivity contribution in [2.75, 3.05) is 6.61 Å². The Hall–Kier alpha value is -2.30. The average molecular weight is 373 g/mol. The molecule has 1 aromatic heterocycles. The van der Waals surface area contributed by atoms with Gasteiger partial charge in [0.05, 0.1) is 19.1 Å². The van der Waals surface area contributed by atoms with Crippen molar-refractivity contribution in [3.8, 4) is 11.5 Å². The number of imidazole rings is 1. The SMILES string of the molecule is CCCCCCCCCCCCOc1ccc(OC(=O)c2cnc[nH]2)cc1. The molecule has 148 valence electrons. The molecule has 1 heterocycles. The topological polar surface area (TPSA) is 64.2 Å². The fraction of sp³-hybridized carbons (Fsp3) is 0.545. The summed E-state index contributed by atoms with van der Waals surface area (Å²) >= 11 is 0. The molecular weight excluding hydrogens is 340 g/mol. The number of hydrogen-bond donors (Lipinski definition) is 1. The third-order valence-corrected chi connectivity index (χ3v) is 4.52. The first kappa shape index (κ1) is 21.0. The van der Waals surface area contributed by atoms with E-state index in [2.05, 4.69) is 16.9 Å². The molecule has 27 heavy (non-hydrogen) atoms. The predicted molar refractivity (Wildman–Crippen MR) is 107 cm³/mol. The van der Waals surface area contributed by atoms with Crippen molar-refractivity contribution in [2.45, 2.75) is 71.1 Å². The molecule has 2 rings (SSSR count). The highest BCUT2D eigenvalue weighted by Gasteiger charge is 2.09. The molecule has 5 nitrogen and oxygen atoms in total. The number of carbonyl (C=O) groups is 1. The van der Waals surface area contributed by atoms with Gasteiger partial charge in [0.1, 0.15) is 17.2 Å². The van der Waals surface area contributed by atoms with Crippen LogP contribution in [0.2, 0.25) is 0 Å². The van der Waals surface area contributed by atoms with Crippen molar-refractivity contribution in [3.05, 3.63) is 42.5 Å². The zero-order valence-electron chi connectivity index (χ0n) is 16.4. The third kappa shape index (κ3) is 8.76. The molecule has 0 amide bonds. The lowest BCUT2D eigenvalue weighted by molar-refractivity contribution is 0.0729. The smallest absolute Gasteiger partial charge is 0.361 e. The number of ether oxygens (including phenoxy) is 2. The lowest BCUT2D eigenvalue weighted by atomic mass is 10.1. The summed E-state index contributed by atoms with van der Waals surface area (Å²) in [5, 5.41) is 0. The van der Waals surface area contributed by atoms with Gasteiger partial charge in [0, 0.05) is 0 Å². The summed E-state index contributed by atoms with van der Waals surface area (Å²) in [5.74, 6) is 0.833. The lowest BCUT2D eigenvalue weighted by Crippen LogP contribution is -2.08. The van der Waals surface area contributed by atoms with Crippen molar-refractivity contribution >= 4 is 5.97 Å². The summed E-state index contributed by atoms with van der Waals surface area (Å²) in [6, 6.07) is 7.13. The standard InChI is InChI=1S/C22H32N2O3/c1-2-3-4-5-6-7-8-9-10-11-16-26-19-12-14-20(15-13-19)27-22(25)21-17-23-18-24-21/h12-15,17-18H,2-11,16H2,1H3,(H,23,24). The van der Waals surface area contributed by atoms with Crippen LogP contribution < -0.4 is 9.47 Å². The van der Waals surface area contributed by atoms with Gasteiger partial charge in [-0.15, -0.1) is 0 Å². The number of aromatic nitrogens is 2. The summed E-state index contributed by atoms with van der Waals surface area (Å²) in [5.41, 5.74) is 0.330. The Balaban J connectivity index is 1.51. The van der Waals surface area contributed by atoms with Crippen molar-refractivity contribution in [1.82, 2.24) is 9.97 Å². The monoisotopic (exact) mass is 372 g/mol. The summed E-state index contributed by atoms with van der Waals surface area (Å²) < 4.78 is 11.0. The zero-order chi connectivity index (χ0) is 19.2. The van der Waals surface area contributed by atoms with E-state index in [0.717, 1.165) is 18.8 Å². The molecule has 0 radical (unpaired) electrons. The Bertz CT molecular complexity index is 624. The summed E-state index contributed by atoms with van der Waals surface area (Å²) in [6.45, 7) is 2.98. The first-order valence-corrected chi connectivity index (χ1v) is 10.2. The van der Waals surface area contributed by atoms with Crippen LogP contribution in [0.25, 0.3) is 0 Å². The van der Waals surface area contributed by atoms with Crippen LogP contribution in [-0.4, -0.2) is 22.5 Å². The first-order valence-electron chi connectivity index (χ1n) is 10.2. The lowest BCUT2D eigenvalue weighted by Gasteiger charge is -2.07. The minimum Gasteiger partial charge on any atom is -0.494 e. The molecule has 0 aliphatic carbocycles. The molecule has 0 unspecified atom stereocenters. The average Bonchev–Trinajstić information content (AvgIpc) is 3.22. The van der Waals surface area contributed by atoms with Crippen LogP contribution in [-0.2, 0) is 0 Å². The van der Waals surface area contributed by atoms with Gasteiger partial charge >= 0.3 is 5.97 Å². The molecule has 1 N–H and O–H groups in total. The number of nitrogens with one attached hydrogen (secondary N) is 1. The van der Waals surface area contributed by atoms with Gasteiger partial charge in [-0.25, -0.2) is 9.78 Å². The van der Waals surface area contributed by atoms with Crippen LogP contribution in [0.15, 0.2) is 36.8 Å². The second-order valence-electron chi connectivity index (χ2n) is 6.86. The number of unbranched alkanes of at least 4 members (excludes halogenated alkanes) is 9. The van der Waals surface area contributed by atoms with E-state index in [1.54, 1.807) is 12.1 Å². The number of hydrogen-bond acceptors (Lipinski definition) is 4. The van der Waals surface area contributed by atoms with E-state index in [4.69, 9.17) is 9.47 Å². The summed E-state index contributed by atoms with van der Waals surface area (Å²) in [4.78, 5) is 18.3. The maximum absolute atomic E-state index is 11.8. The molecule has 0 aliphatic rings. The Kier molecular flexibility index (Phi) is 10.1. The van der Waals surface area contributed by atoms with E-state index in [9.17, 15) is 4.79 Å². The number of carbonyl (C=O) groups excluding carboxylic acids is 1. The minimum absolute atomic E-state index is 0.330. The van der Waals surface area contributed by atoms with Crippen LogP contribution >= 0.6 is 0 Å². The van der Waals surface area contributed by atoms with Gasteiger partial charge in [0.2, 0.25) is 0 Å². The van der Waals surface area contributed by atoms with Crippen molar-refractivity contribution in [2.24, 2.45) is 0 Å². The molecule has 0 spiro atoms. The summed E-state index contributed by atoms with van der Waals surface area (Å²) in [6.07, 6.45) is 16.0. The number of H-pyrrole nitrogens is 1. The maximum Gasteiger partial charge on any atom is 0.361 e. The second-order valence-corrected chi connectivity index (χ2v) is 6.86. The van der Waals surface area contributed by atoms with Gasteiger partial charge in [-0.3, -0.25) is 0 Å². The van der Waals surface area contributed by atoms with Gasteiger partial charge in [0.15, 0.2) is 0 Å². The normalized spacial score (nSPS) is 10.7. The van der Waals surface area contributed by atoms with E-state index in [0.29, 0.717) is 11.4 Å². The van der Waals surface area contributed by atoms with Gasteiger partial charge in [0.25, 0.3) is 0 Å². The molecule has 5 heteroatoms. The van der Waals surface area contributed by atoms with E-state index in [1.807, 2.05) is 12.1 Å². The van der Waals surface area contributed by atoms with E-state index in [-0.39, 0.29) is 0 Å². The molecular formula is C22H32N2O3. The number of nitrogens with zero attached hydrogens (tertiary/aromatic N) is 1. The van der Waals surface area contributed by atoms with Gasteiger partial charge < -0.3 is 14.5 Å². The molecule has 2 aromatic rings. The Morgan fingerprint density at radius 3 is 2.07 bits per heavy atom. The molecule has 0 saturated carbocycles. The number of rotatable bonds is 14. The van der Waals surface area contributed by atoms with Gasteiger partial charge in [-0.1, -0.05) is 64.7 Å². The zero-order valence-corrected chi connectivity index (χ0v) is 16.4. The first-order chi connectivity index (χ1) is 13.3. The van der Waals surface area contributed by atoms with Crippen LogP contribution in [0.5, 0.6) is 11.5 Å². The second kappa shape index (κ2) is 13.0. The van der Waals surface area contributed by atoms with Crippen molar-refractivity contribution in [3.63, 3.8) is 0 Å². The molecule has 0 aliphatic heterocycles. The van der Waals surface area contributed by atoms with Crippen LogP contribution in [0, 0.1) is 0 Å². The maximum atomic E-state index is 11.8.